The average molecular weight is 185 g/mol. The number of phenolic OH excluding ortho intramolecular Hbond substituents is 3. The molecule has 0 heterocycles. The fourth-order valence-corrected chi connectivity index (χ4v) is 0.980. The smallest absolute Gasteiger partial charge is 0.200 e. The molecule has 0 bridgehead atoms. The summed E-state index contributed by atoms with van der Waals surface area (Å²) in [6.45, 7) is -0.0717. The van der Waals surface area contributed by atoms with Crippen molar-refractivity contribution in [1.29, 1.82) is 0 Å². The zero-order valence-electron chi connectivity index (χ0n) is 6.81. The lowest BCUT2D eigenvalue weighted by molar-refractivity contribution is 0.181. The van der Waals surface area contributed by atoms with Crippen molar-refractivity contribution in [3.63, 3.8) is 0 Å². The maximum atomic E-state index is 9.25. The van der Waals surface area contributed by atoms with Gasteiger partial charge in [-0.3, -0.25) is 0 Å². The molecule has 1 aromatic rings. The highest BCUT2D eigenvalue weighted by molar-refractivity contribution is 5.53. The molecule has 13 heavy (non-hydrogen) atoms. The van der Waals surface area contributed by atoms with Crippen molar-refractivity contribution >= 4 is 0 Å². The Morgan fingerprint density at radius 1 is 1.15 bits per heavy atom. The molecule has 0 aromatic heterocycles. The highest BCUT2D eigenvalue weighted by Gasteiger charge is 2.15. The van der Waals surface area contributed by atoms with Gasteiger partial charge in [-0.15, -0.1) is 0 Å². The van der Waals surface area contributed by atoms with E-state index in [4.69, 9.17) is 15.9 Å². The lowest BCUT2D eigenvalue weighted by Gasteiger charge is -2.11. The van der Waals surface area contributed by atoms with Crippen LogP contribution in [0.5, 0.6) is 17.2 Å². The van der Waals surface area contributed by atoms with Gasteiger partial charge in [-0.25, -0.2) is 0 Å². The molecule has 0 aliphatic carbocycles. The summed E-state index contributed by atoms with van der Waals surface area (Å²) in [6.07, 6.45) is -1.05. The SMILES string of the molecule is NC[C@@H](O)c1ccc(O)c(O)c1O. The van der Waals surface area contributed by atoms with Gasteiger partial charge in [0.15, 0.2) is 11.5 Å². The van der Waals surface area contributed by atoms with E-state index < -0.39 is 23.4 Å². The van der Waals surface area contributed by atoms with E-state index in [9.17, 15) is 10.2 Å². The lowest BCUT2D eigenvalue weighted by atomic mass is 10.1. The number of hydrogen-bond acceptors (Lipinski definition) is 5. The van der Waals surface area contributed by atoms with E-state index in [0.717, 1.165) is 0 Å². The summed E-state index contributed by atoms with van der Waals surface area (Å²) in [5.41, 5.74) is 5.25. The predicted octanol–water partition coefficient (Wildman–Crippen LogP) is -0.205. The molecular weight excluding hydrogens is 174 g/mol. The molecule has 1 atom stereocenters. The summed E-state index contributed by atoms with van der Waals surface area (Å²) in [6, 6.07) is 2.46. The second-order valence-corrected chi connectivity index (χ2v) is 2.62. The number of nitrogens with two attached hydrogens (primary N) is 1. The van der Waals surface area contributed by atoms with Gasteiger partial charge in [0, 0.05) is 12.1 Å². The van der Waals surface area contributed by atoms with Crippen LogP contribution in [0.4, 0.5) is 0 Å². The van der Waals surface area contributed by atoms with Gasteiger partial charge in [-0.05, 0) is 12.1 Å². The highest BCUT2D eigenvalue weighted by atomic mass is 16.3. The minimum absolute atomic E-state index is 0.0717. The van der Waals surface area contributed by atoms with Crippen molar-refractivity contribution in [1.82, 2.24) is 0 Å². The second kappa shape index (κ2) is 3.51. The molecule has 0 fully saturated rings. The van der Waals surface area contributed by atoms with Crippen LogP contribution in [0.1, 0.15) is 11.7 Å². The van der Waals surface area contributed by atoms with E-state index in [1.54, 1.807) is 0 Å². The molecule has 1 rings (SSSR count). The van der Waals surface area contributed by atoms with Crippen LogP contribution in [0.15, 0.2) is 12.1 Å². The third-order valence-electron chi connectivity index (χ3n) is 1.74. The van der Waals surface area contributed by atoms with Gasteiger partial charge in [0.1, 0.15) is 0 Å². The van der Waals surface area contributed by atoms with Crippen LogP contribution >= 0.6 is 0 Å². The number of aliphatic hydroxyl groups excluding tert-OH is 1. The summed E-state index contributed by atoms with van der Waals surface area (Å²) in [4.78, 5) is 0. The fourth-order valence-electron chi connectivity index (χ4n) is 0.980. The van der Waals surface area contributed by atoms with Crippen LogP contribution in [0.2, 0.25) is 0 Å². The van der Waals surface area contributed by atoms with Crippen LogP contribution in [-0.2, 0) is 0 Å². The van der Waals surface area contributed by atoms with E-state index in [1.807, 2.05) is 0 Å². The minimum atomic E-state index is -1.05. The number of aliphatic hydroxyl groups is 1. The fraction of sp³-hybridized carbons (Fsp3) is 0.250. The zero-order valence-corrected chi connectivity index (χ0v) is 6.81. The first-order chi connectivity index (χ1) is 6.07. The molecule has 0 amide bonds. The molecule has 6 N–H and O–H groups in total. The Morgan fingerprint density at radius 3 is 2.31 bits per heavy atom. The summed E-state index contributed by atoms with van der Waals surface area (Å²) in [5.74, 6) is -1.63. The minimum Gasteiger partial charge on any atom is -0.504 e. The van der Waals surface area contributed by atoms with Gasteiger partial charge >= 0.3 is 0 Å². The third kappa shape index (κ3) is 1.66. The molecule has 0 radical (unpaired) electrons. The molecule has 0 aliphatic rings. The molecule has 0 saturated carbocycles. The first kappa shape index (κ1) is 9.63. The van der Waals surface area contributed by atoms with Gasteiger partial charge in [0.25, 0.3) is 0 Å². The third-order valence-corrected chi connectivity index (χ3v) is 1.74. The van der Waals surface area contributed by atoms with Crippen molar-refractivity contribution in [2.45, 2.75) is 6.10 Å². The molecular formula is C8H11NO4. The molecule has 1 aromatic carbocycles. The molecule has 0 aliphatic heterocycles. The molecule has 0 unspecified atom stereocenters. The van der Waals surface area contributed by atoms with Crippen LogP contribution < -0.4 is 5.73 Å². The second-order valence-electron chi connectivity index (χ2n) is 2.62. The van der Waals surface area contributed by atoms with Crippen molar-refractivity contribution in [2.24, 2.45) is 5.73 Å². The van der Waals surface area contributed by atoms with Crippen LogP contribution in [0.25, 0.3) is 0 Å². The predicted molar refractivity (Wildman–Crippen MR) is 45.5 cm³/mol. The Hall–Kier alpha value is -1.46. The maximum absolute atomic E-state index is 9.25. The molecule has 5 heteroatoms. The normalized spacial score (nSPS) is 12.8. The highest BCUT2D eigenvalue weighted by Crippen LogP contribution is 2.39. The molecule has 0 saturated heterocycles. The number of rotatable bonds is 2. The van der Waals surface area contributed by atoms with Crippen molar-refractivity contribution < 1.29 is 20.4 Å². The van der Waals surface area contributed by atoms with Crippen molar-refractivity contribution in [3.8, 4) is 17.2 Å². The summed E-state index contributed by atoms with van der Waals surface area (Å²) < 4.78 is 0. The number of phenols is 3. The van der Waals surface area contributed by atoms with Crippen LogP contribution in [0, 0.1) is 0 Å². The summed E-state index contributed by atoms with van der Waals surface area (Å²) in [5, 5.41) is 36.5. The Morgan fingerprint density at radius 2 is 1.77 bits per heavy atom. The summed E-state index contributed by atoms with van der Waals surface area (Å²) >= 11 is 0. The van der Waals surface area contributed by atoms with E-state index in [0.29, 0.717) is 0 Å². The van der Waals surface area contributed by atoms with Gasteiger partial charge in [-0.1, -0.05) is 0 Å². The Labute approximate surface area is 74.7 Å². The average Bonchev–Trinajstić information content (AvgIpc) is 2.13. The maximum Gasteiger partial charge on any atom is 0.200 e. The quantitative estimate of drug-likeness (QED) is 0.410. The van der Waals surface area contributed by atoms with E-state index in [2.05, 4.69) is 0 Å². The standard InChI is InChI=1S/C8H11NO4/c9-3-6(11)4-1-2-5(10)8(13)7(4)12/h1-2,6,10-13H,3,9H2/t6-/m1/s1. The molecule has 0 spiro atoms. The lowest BCUT2D eigenvalue weighted by Crippen LogP contribution is -2.11. The Bertz CT molecular complexity index is 313. The Kier molecular flexibility index (Phi) is 2.60. The number of aromatic hydroxyl groups is 3. The number of benzene rings is 1. The van der Waals surface area contributed by atoms with E-state index in [-0.39, 0.29) is 12.1 Å². The van der Waals surface area contributed by atoms with Gasteiger partial charge in [0.05, 0.1) is 6.10 Å². The monoisotopic (exact) mass is 185 g/mol. The summed E-state index contributed by atoms with van der Waals surface area (Å²) in [7, 11) is 0. The topological polar surface area (TPSA) is 107 Å². The zero-order chi connectivity index (χ0) is 10.0. The first-order valence-corrected chi connectivity index (χ1v) is 3.69. The molecule has 72 valence electrons. The Balaban J connectivity index is 3.18. The van der Waals surface area contributed by atoms with Crippen molar-refractivity contribution in [3.05, 3.63) is 17.7 Å². The van der Waals surface area contributed by atoms with E-state index >= 15 is 0 Å². The van der Waals surface area contributed by atoms with Gasteiger partial charge < -0.3 is 26.2 Å². The molecule has 5 nitrogen and oxygen atoms in total. The van der Waals surface area contributed by atoms with Crippen LogP contribution in [-0.4, -0.2) is 27.0 Å². The number of hydrogen-bond donors (Lipinski definition) is 5. The van der Waals surface area contributed by atoms with E-state index in [1.165, 1.54) is 12.1 Å². The van der Waals surface area contributed by atoms with Gasteiger partial charge in [-0.2, -0.15) is 0 Å². The first-order valence-electron chi connectivity index (χ1n) is 3.69. The largest absolute Gasteiger partial charge is 0.504 e. The van der Waals surface area contributed by atoms with Crippen molar-refractivity contribution in [2.75, 3.05) is 6.54 Å². The van der Waals surface area contributed by atoms with Gasteiger partial charge in [0.2, 0.25) is 5.75 Å². The van der Waals surface area contributed by atoms with Crippen LogP contribution in [0.3, 0.4) is 0 Å².